The number of ether oxygens (including phenoxy) is 4. The van der Waals surface area contributed by atoms with Gasteiger partial charge in [0.25, 0.3) is 0 Å². The Bertz CT molecular complexity index is 1580. The van der Waals surface area contributed by atoms with E-state index in [4.69, 9.17) is 18.9 Å². The van der Waals surface area contributed by atoms with Gasteiger partial charge in [0, 0.05) is 29.4 Å². The van der Waals surface area contributed by atoms with Crippen LogP contribution in [0.1, 0.15) is 65.5 Å². The van der Waals surface area contributed by atoms with Gasteiger partial charge in [0.05, 0.1) is 32.5 Å². The fraction of sp³-hybridized carbons (Fsp3) is 0.424. The lowest BCUT2D eigenvalue weighted by atomic mass is 9.90. The van der Waals surface area contributed by atoms with Crippen molar-refractivity contribution in [2.45, 2.75) is 58.0 Å². The number of fused-ring (bicyclic) bond motifs is 2. The summed E-state index contributed by atoms with van der Waals surface area (Å²) in [6.07, 6.45) is 3.63. The number of carbonyl (C=O) groups excluding carboxylic acids is 1. The molecule has 0 aromatic heterocycles. The molecule has 1 heterocycles. The first-order valence-electron chi connectivity index (χ1n) is 14.3. The molecule has 9 heteroatoms. The average molecular weight is 597 g/mol. The van der Waals surface area contributed by atoms with Gasteiger partial charge in [0.15, 0.2) is 0 Å². The number of hydrogen-bond acceptors (Lipinski definition) is 7. The quantitative estimate of drug-likeness (QED) is 0.187. The standard InChI is InChI=1S/C33H37FO7S/c1-20-15-24(39-13-5-6-14-42(4,36)37)16-21(2)32(20)26-9-11-28(34)33-27(26)10-12-29(33)41-23-7-8-25-22(17-31(35)38-3)19-40-30(25)18-23/h7-9,11,15-16,18,22,29H,5-6,10,12-14,17,19H2,1-4H3/t22-,29-/m1/s1. The molecule has 3 aromatic rings. The van der Waals surface area contributed by atoms with Gasteiger partial charge in [-0.05, 0) is 91.6 Å². The van der Waals surface area contributed by atoms with E-state index in [1.54, 1.807) is 0 Å². The summed E-state index contributed by atoms with van der Waals surface area (Å²) in [6, 6.07) is 12.9. The highest BCUT2D eigenvalue weighted by Gasteiger charge is 2.32. The summed E-state index contributed by atoms with van der Waals surface area (Å²) in [7, 11) is -1.59. The molecule has 42 heavy (non-hydrogen) atoms. The van der Waals surface area contributed by atoms with Crippen LogP contribution >= 0.6 is 0 Å². The number of methoxy groups -OCH3 is 1. The Morgan fingerprint density at radius 3 is 2.52 bits per heavy atom. The summed E-state index contributed by atoms with van der Waals surface area (Å²) in [5.41, 5.74) is 6.58. The van der Waals surface area contributed by atoms with E-state index >= 15 is 4.39 Å². The first-order valence-corrected chi connectivity index (χ1v) is 16.3. The van der Waals surface area contributed by atoms with Crippen molar-refractivity contribution in [2.75, 3.05) is 32.3 Å². The number of unbranched alkanes of at least 4 members (excludes halogenated alkanes) is 1. The lowest BCUT2D eigenvalue weighted by molar-refractivity contribution is -0.141. The van der Waals surface area contributed by atoms with E-state index in [0.29, 0.717) is 56.0 Å². The highest BCUT2D eigenvalue weighted by atomic mass is 32.2. The number of esters is 1. The largest absolute Gasteiger partial charge is 0.494 e. The number of halogens is 1. The zero-order valence-electron chi connectivity index (χ0n) is 24.5. The predicted octanol–water partition coefficient (Wildman–Crippen LogP) is 6.42. The minimum absolute atomic E-state index is 0.0585. The summed E-state index contributed by atoms with van der Waals surface area (Å²) < 4.78 is 60.9. The summed E-state index contributed by atoms with van der Waals surface area (Å²) in [5.74, 6) is 1.55. The fourth-order valence-electron chi connectivity index (χ4n) is 6.06. The molecule has 7 nitrogen and oxygen atoms in total. The van der Waals surface area contributed by atoms with E-state index in [2.05, 4.69) is 0 Å². The van der Waals surface area contributed by atoms with Gasteiger partial charge in [-0.3, -0.25) is 4.79 Å². The molecule has 0 fully saturated rings. The maximum absolute atomic E-state index is 15.3. The molecule has 0 N–H and O–H groups in total. The number of benzene rings is 3. The van der Waals surface area contributed by atoms with Gasteiger partial charge in [0.2, 0.25) is 0 Å². The van der Waals surface area contributed by atoms with Crippen LogP contribution < -0.4 is 14.2 Å². The van der Waals surface area contributed by atoms with E-state index in [9.17, 15) is 13.2 Å². The van der Waals surface area contributed by atoms with E-state index in [1.165, 1.54) is 19.4 Å². The van der Waals surface area contributed by atoms with Gasteiger partial charge in [-0.25, -0.2) is 12.8 Å². The molecular weight excluding hydrogens is 559 g/mol. The Morgan fingerprint density at radius 1 is 1.05 bits per heavy atom. The van der Waals surface area contributed by atoms with Crippen molar-refractivity contribution in [3.05, 3.63) is 76.1 Å². The molecule has 0 amide bonds. The lowest BCUT2D eigenvalue weighted by Crippen LogP contribution is -2.09. The number of aryl methyl sites for hydroxylation is 2. The van der Waals surface area contributed by atoms with Crippen LogP contribution in [-0.2, 0) is 25.8 Å². The van der Waals surface area contributed by atoms with Crippen LogP contribution in [0.2, 0.25) is 0 Å². The number of carbonyl (C=O) groups is 1. The Labute approximate surface area is 246 Å². The molecular formula is C33H37FO7S. The molecule has 224 valence electrons. The van der Waals surface area contributed by atoms with Crippen LogP contribution in [0.5, 0.6) is 17.2 Å². The van der Waals surface area contributed by atoms with Gasteiger partial charge in [-0.1, -0.05) is 12.1 Å². The van der Waals surface area contributed by atoms with Crippen LogP contribution in [0.3, 0.4) is 0 Å². The van der Waals surface area contributed by atoms with Crippen LogP contribution in [-0.4, -0.2) is 46.7 Å². The second-order valence-corrected chi connectivity index (χ2v) is 13.5. The zero-order valence-corrected chi connectivity index (χ0v) is 25.3. The highest BCUT2D eigenvalue weighted by Crippen LogP contribution is 2.45. The van der Waals surface area contributed by atoms with Crippen molar-refractivity contribution in [1.29, 1.82) is 0 Å². The van der Waals surface area contributed by atoms with Gasteiger partial charge in [0.1, 0.15) is 39.0 Å². The summed E-state index contributed by atoms with van der Waals surface area (Å²) in [6.45, 7) is 4.90. The minimum Gasteiger partial charge on any atom is -0.494 e. The molecule has 3 aromatic carbocycles. The molecule has 2 aliphatic rings. The van der Waals surface area contributed by atoms with Gasteiger partial charge in [-0.2, -0.15) is 0 Å². The third-order valence-electron chi connectivity index (χ3n) is 8.02. The Morgan fingerprint density at radius 2 is 1.81 bits per heavy atom. The second-order valence-electron chi connectivity index (χ2n) is 11.2. The molecule has 1 aliphatic heterocycles. The predicted molar refractivity (Wildman–Crippen MR) is 159 cm³/mol. The van der Waals surface area contributed by atoms with E-state index in [0.717, 1.165) is 39.1 Å². The van der Waals surface area contributed by atoms with Crippen LogP contribution in [0, 0.1) is 19.7 Å². The lowest BCUT2D eigenvalue weighted by Gasteiger charge is -2.19. The monoisotopic (exact) mass is 596 g/mol. The SMILES string of the molecule is COC(=O)C[C@@H]1COc2cc(O[C@@H]3CCc4c(-c5c(C)cc(OCCCCS(C)(=O)=O)cc5C)ccc(F)c43)ccc21. The van der Waals surface area contributed by atoms with Crippen LogP contribution in [0.25, 0.3) is 11.1 Å². The minimum atomic E-state index is -2.97. The summed E-state index contributed by atoms with van der Waals surface area (Å²) in [5, 5.41) is 0. The van der Waals surface area contributed by atoms with Crippen molar-refractivity contribution in [3.63, 3.8) is 0 Å². The van der Waals surface area contributed by atoms with Crippen molar-refractivity contribution >= 4 is 15.8 Å². The number of hydrogen-bond donors (Lipinski definition) is 0. The van der Waals surface area contributed by atoms with Gasteiger partial charge in [-0.15, -0.1) is 0 Å². The van der Waals surface area contributed by atoms with Crippen molar-refractivity contribution in [2.24, 2.45) is 0 Å². The Kier molecular flexibility index (Phi) is 8.78. The van der Waals surface area contributed by atoms with E-state index in [-0.39, 0.29) is 29.9 Å². The first-order chi connectivity index (χ1) is 20.0. The second kappa shape index (κ2) is 12.3. The maximum atomic E-state index is 15.3. The van der Waals surface area contributed by atoms with Crippen molar-refractivity contribution in [3.8, 4) is 28.4 Å². The molecule has 1 aliphatic carbocycles. The van der Waals surface area contributed by atoms with Gasteiger partial charge < -0.3 is 18.9 Å². The fourth-order valence-corrected chi connectivity index (χ4v) is 6.79. The average Bonchev–Trinajstić information content (AvgIpc) is 3.53. The number of sulfone groups is 1. The molecule has 0 radical (unpaired) electrons. The molecule has 0 saturated carbocycles. The smallest absolute Gasteiger partial charge is 0.306 e. The summed E-state index contributed by atoms with van der Waals surface area (Å²) in [4.78, 5) is 11.7. The molecule has 0 unspecified atom stereocenters. The third-order valence-corrected chi connectivity index (χ3v) is 9.05. The topological polar surface area (TPSA) is 88.1 Å². The highest BCUT2D eigenvalue weighted by molar-refractivity contribution is 7.90. The van der Waals surface area contributed by atoms with Crippen molar-refractivity contribution < 1.29 is 36.6 Å². The van der Waals surface area contributed by atoms with Crippen molar-refractivity contribution in [1.82, 2.24) is 0 Å². The third kappa shape index (κ3) is 6.56. The molecule has 0 saturated heterocycles. The van der Waals surface area contributed by atoms with Crippen LogP contribution in [0.15, 0.2) is 42.5 Å². The number of rotatable bonds is 11. The van der Waals surface area contributed by atoms with E-state index < -0.39 is 15.9 Å². The van der Waals surface area contributed by atoms with E-state index in [1.807, 2.05) is 50.2 Å². The molecule has 5 rings (SSSR count). The molecule has 0 bridgehead atoms. The normalized spacial score (nSPS) is 17.4. The maximum Gasteiger partial charge on any atom is 0.306 e. The summed E-state index contributed by atoms with van der Waals surface area (Å²) >= 11 is 0. The van der Waals surface area contributed by atoms with Crippen LogP contribution in [0.4, 0.5) is 4.39 Å². The Hall–Kier alpha value is -3.59. The first kappa shape index (κ1) is 29.9. The van der Waals surface area contributed by atoms with Gasteiger partial charge >= 0.3 is 5.97 Å². The molecule has 0 spiro atoms. The zero-order chi connectivity index (χ0) is 30.0. The molecule has 2 atom stereocenters. The Balaban J connectivity index is 1.32.